The lowest BCUT2D eigenvalue weighted by Crippen LogP contribution is -2.40. The first-order valence-corrected chi connectivity index (χ1v) is 10.7. The largest absolute Gasteiger partial charge is 0.496 e. The summed E-state index contributed by atoms with van der Waals surface area (Å²) >= 11 is 0. The van der Waals surface area contributed by atoms with Crippen molar-refractivity contribution in [2.75, 3.05) is 44.9 Å². The SMILES string of the molecule is CCN1CCC[C@H]1CNC(=O)c1cc(S(=O)(=O)CC)c(NC)cc1OC. The Balaban J connectivity index is 2.29. The van der Waals surface area contributed by atoms with E-state index in [0.29, 0.717) is 24.0 Å². The third kappa shape index (κ3) is 4.29. The summed E-state index contributed by atoms with van der Waals surface area (Å²) < 4.78 is 30.1. The maximum Gasteiger partial charge on any atom is 0.255 e. The Morgan fingerprint density at radius 1 is 1.35 bits per heavy atom. The van der Waals surface area contributed by atoms with Gasteiger partial charge in [0.05, 0.1) is 29.0 Å². The Hall–Kier alpha value is -1.80. The highest BCUT2D eigenvalue weighted by atomic mass is 32.2. The number of ether oxygens (including phenoxy) is 1. The molecule has 2 N–H and O–H groups in total. The molecule has 0 bridgehead atoms. The van der Waals surface area contributed by atoms with Crippen molar-refractivity contribution in [2.45, 2.75) is 37.6 Å². The Labute approximate surface area is 156 Å². The molecule has 0 unspecified atom stereocenters. The number of nitrogens with zero attached hydrogens (tertiary/aromatic N) is 1. The monoisotopic (exact) mass is 383 g/mol. The molecule has 0 spiro atoms. The predicted molar refractivity (Wildman–Crippen MR) is 103 cm³/mol. The molecule has 146 valence electrons. The van der Waals surface area contributed by atoms with Crippen LogP contribution in [0.2, 0.25) is 0 Å². The minimum Gasteiger partial charge on any atom is -0.496 e. The van der Waals surface area contributed by atoms with Crippen LogP contribution >= 0.6 is 0 Å². The van der Waals surface area contributed by atoms with Gasteiger partial charge >= 0.3 is 0 Å². The zero-order valence-electron chi connectivity index (χ0n) is 16.0. The van der Waals surface area contributed by atoms with Gasteiger partial charge in [0.15, 0.2) is 9.84 Å². The highest BCUT2D eigenvalue weighted by Crippen LogP contribution is 2.31. The lowest BCUT2D eigenvalue weighted by atomic mass is 10.1. The second-order valence-corrected chi connectivity index (χ2v) is 8.58. The number of carbonyl (C=O) groups is 1. The van der Waals surface area contributed by atoms with E-state index < -0.39 is 9.84 Å². The molecule has 26 heavy (non-hydrogen) atoms. The fraction of sp³-hybridized carbons (Fsp3) is 0.611. The average molecular weight is 384 g/mol. The van der Waals surface area contributed by atoms with Crippen molar-refractivity contribution in [1.29, 1.82) is 0 Å². The van der Waals surface area contributed by atoms with E-state index in [9.17, 15) is 13.2 Å². The summed E-state index contributed by atoms with van der Waals surface area (Å²) in [5.74, 6) is -0.0107. The molecule has 1 atom stereocenters. The molecule has 1 saturated heterocycles. The maximum absolute atomic E-state index is 12.7. The van der Waals surface area contributed by atoms with Crippen molar-refractivity contribution in [1.82, 2.24) is 10.2 Å². The zero-order valence-corrected chi connectivity index (χ0v) is 16.8. The van der Waals surface area contributed by atoms with Gasteiger partial charge in [-0.05, 0) is 32.0 Å². The van der Waals surface area contributed by atoms with E-state index >= 15 is 0 Å². The van der Waals surface area contributed by atoms with Gasteiger partial charge in [-0.2, -0.15) is 0 Å². The number of hydrogen-bond acceptors (Lipinski definition) is 6. The topological polar surface area (TPSA) is 87.7 Å². The molecule has 0 saturated carbocycles. The first-order valence-electron chi connectivity index (χ1n) is 9.02. The van der Waals surface area contributed by atoms with Crippen LogP contribution in [0.3, 0.4) is 0 Å². The number of benzene rings is 1. The molecule has 1 heterocycles. The Morgan fingerprint density at radius 2 is 2.08 bits per heavy atom. The Bertz CT molecular complexity index is 749. The molecule has 2 rings (SSSR count). The number of hydrogen-bond donors (Lipinski definition) is 2. The highest BCUT2D eigenvalue weighted by Gasteiger charge is 2.26. The lowest BCUT2D eigenvalue weighted by Gasteiger charge is -2.23. The van der Waals surface area contributed by atoms with Crippen molar-refractivity contribution in [3.8, 4) is 5.75 Å². The molecule has 1 amide bonds. The first-order chi connectivity index (χ1) is 12.4. The van der Waals surface area contributed by atoms with Crippen LogP contribution in [0.1, 0.15) is 37.0 Å². The smallest absolute Gasteiger partial charge is 0.255 e. The molecule has 1 aliphatic rings. The molecule has 0 aliphatic carbocycles. The lowest BCUT2D eigenvalue weighted by molar-refractivity contribution is 0.0938. The number of rotatable bonds is 8. The summed E-state index contributed by atoms with van der Waals surface area (Å²) in [7, 11) is -0.362. The van der Waals surface area contributed by atoms with Gasteiger partial charge in [-0.1, -0.05) is 13.8 Å². The highest BCUT2D eigenvalue weighted by molar-refractivity contribution is 7.91. The summed E-state index contributed by atoms with van der Waals surface area (Å²) in [5.41, 5.74) is 0.660. The molecule has 7 nitrogen and oxygen atoms in total. The molecule has 0 radical (unpaired) electrons. The van der Waals surface area contributed by atoms with Crippen LogP contribution < -0.4 is 15.4 Å². The molecular weight excluding hydrogens is 354 g/mol. The number of nitrogens with one attached hydrogen (secondary N) is 2. The second-order valence-electron chi connectivity index (χ2n) is 6.34. The summed E-state index contributed by atoms with van der Waals surface area (Å²) in [5, 5.41) is 5.81. The minimum atomic E-state index is -3.47. The van der Waals surface area contributed by atoms with E-state index in [1.54, 1.807) is 20.0 Å². The van der Waals surface area contributed by atoms with Crippen LogP contribution in [0.25, 0.3) is 0 Å². The van der Waals surface area contributed by atoms with Gasteiger partial charge in [0, 0.05) is 25.7 Å². The van der Waals surface area contributed by atoms with Crippen LogP contribution in [0.15, 0.2) is 17.0 Å². The van der Waals surface area contributed by atoms with Gasteiger partial charge < -0.3 is 15.4 Å². The Morgan fingerprint density at radius 3 is 2.65 bits per heavy atom. The van der Waals surface area contributed by atoms with Crippen molar-refractivity contribution in [3.05, 3.63) is 17.7 Å². The summed E-state index contributed by atoms with van der Waals surface area (Å²) in [4.78, 5) is 15.2. The quantitative estimate of drug-likeness (QED) is 0.711. The normalized spacial score (nSPS) is 17.9. The van der Waals surface area contributed by atoms with Crippen LogP contribution in [-0.2, 0) is 9.84 Å². The summed E-state index contributed by atoms with van der Waals surface area (Å²) in [6.07, 6.45) is 2.19. The van der Waals surface area contributed by atoms with Gasteiger partial charge in [-0.25, -0.2) is 8.42 Å². The molecule has 1 aromatic rings. The van der Waals surface area contributed by atoms with Crippen molar-refractivity contribution in [3.63, 3.8) is 0 Å². The fourth-order valence-corrected chi connectivity index (χ4v) is 4.47. The van der Waals surface area contributed by atoms with Crippen LogP contribution in [0, 0.1) is 0 Å². The standard InChI is InChI=1S/C18H29N3O4S/c1-5-21-9-7-8-13(21)12-20-18(22)14-10-17(26(23,24)6-2)15(19-3)11-16(14)25-4/h10-11,13,19H,5-9,12H2,1-4H3,(H,20,22)/t13-/m0/s1. The van der Waals surface area contributed by atoms with E-state index in [1.165, 1.54) is 13.2 Å². The van der Waals surface area contributed by atoms with Gasteiger partial charge in [0.25, 0.3) is 5.91 Å². The number of likely N-dealkylation sites (tertiary alicyclic amines) is 1. The van der Waals surface area contributed by atoms with Crippen molar-refractivity contribution >= 4 is 21.4 Å². The minimum absolute atomic E-state index is 0.0391. The second kappa shape index (κ2) is 8.73. The van der Waals surface area contributed by atoms with Crippen LogP contribution in [0.5, 0.6) is 5.75 Å². The third-order valence-electron chi connectivity index (χ3n) is 4.93. The van der Waals surface area contributed by atoms with E-state index in [2.05, 4.69) is 22.5 Å². The van der Waals surface area contributed by atoms with Gasteiger partial charge in [0.1, 0.15) is 5.75 Å². The number of methoxy groups -OCH3 is 1. The summed E-state index contributed by atoms with van der Waals surface area (Å²) in [6.45, 7) is 6.24. The zero-order chi connectivity index (χ0) is 19.3. The van der Waals surface area contributed by atoms with Crippen LogP contribution in [0.4, 0.5) is 5.69 Å². The van der Waals surface area contributed by atoms with Gasteiger partial charge in [-0.15, -0.1) is 0 Å². The van der Waals surface area contributed by atoms with Crippen molar-refractivity contribution in [2.24, 2.45) is 0 Å². The Kier molecular flexibility index (Phi) is 6.88. The number of carbonyl (C=O) groups excluding carboxylic acids is 1. The summed E-state index contributed by atoms with van der Waals surface area (Å²) in [6, 6.07) is 3.29. The number of anilines is 1. The molecule has 1 aromatic carbocycles. The van der Waals surface area contributed by atoms with Gasteiger partial charge in [0.2, 0.25) is 0 Å². The third-order valence-corrected chi connectivity index (χ3v) is 6.70. The molecule has 0 aromatic heterocycles. The predicted octanol–water partition coefficient (Wildman–Crippen LogP) is 1.74. The van der Waals surface area contributed by atoms with Crippen LogP contribution in [-0.4, -0.2) is 64.8 Å². The first kappa shape index (κ1) is 20.5. The average Bonchev–Trinajstić information content (AvgIpc) is 3.12. The number of sulfone groups is 1. The van der Waals surface area contributed by atoms with E-state index in [4.69, 9.17) is 4.74 Å². The van der Waals surface area contributed by atoms with E-state index in [1.807, 2.05) is 0 Å². The van der Waals surface area contributed by atoms with E-state index in [0.717, 1.165) is 25.9 Å². The number of likely N-dealkylation sites (N-methyl/N-ethyl adjacent to an activating group) is 1. The van der Waals surface area contributed by atoms with Gasteiger partial charge in [-0.3, -0.25) is 9.69 Å². The fourth-order valence-electron chi connectivity index (χ4n) is 3.36. The molecular formula is C18H29N3O4S. The maximum atomic E-state index is 12.7. The molecule has 1 aliphatic heterocycles. The van der Waals surface area contributed by atoms with Crippen molar-refractivity contribution < 1.29 is 17.9 Å². The number of amides is 1. The molecule has 8 heteroatoms. The molecule has 1 fully saturated rings. The van der Waals surface area contributed by atoms with E-state index in [-0.39, 0.29) is 22.1 Å².